The van der Waals surface area contributed by atoms with Crippen LogP contribution in [0.1, 0.15) is 23.7 Å². The van der Waals surface area contributed by atoms with Crippen molar-refractivity contribution in [2.75, 3.05) is 17.6 Å². The zero-order valence-corrected chi connectivity index (χ0v) is 14.9. The SMILES string of the molecule is CCCNC(=O)c1cccc(Nc2ncc(-c3cccc(O)c3)c(N)n2)c1. The Morgan fingerprint density at radius 1 is 1.19 bits per heavy atom. The maximum Gasteiger partial charge on any atom is 0.251 e. The molecule has 0 aliphatic heterocycles. The summed E-state index contributed by atoms with van der Waals surface area (Å²) in [6.07, 6.45) is 2.47. The van der Waals surface area contributed by atoms with E-state index in [4.69, 9.17) is 5.73 Å². The maximum atomic E-state index is 12.1. The summed E-state index contributed by atoms with van der Waals surface area (Å²) in [5.41, 5.74) is 8.65. The van der Waals surface area contributed by atoms with E-state index in [-0.39, 0.29) is 17.5 Å². The highest BCUT2D eigenvalue weighted by molar-refractivity contribution is 5.95. The molecule has 0 radical (unpaired) electrons. The summed E-state index contributed by atoms with van der Waals surface area (Å²) in [6, 6.07) is 13.8. The molecule has 3 aromatic rings. The zero-order valence-electron chi connectivity index (χ0n) is 14.9. The van der Waals surface area contributed by atoms with Gasteiger partial charge in [-0.1, -0.05) is 25.1 Å². The number of phenolic OH excluding ortho intramolecular Hbond substituents is 1. The Morgan fingerprint density at radius 3 is 2.74 bits per heavy atom. The van der Waals surface area contributed by atoms with Gasteiger partial charge in [0.15, 0.2) is 0 Å². The molecule has 0 aliphatic carbocycles. The average molecular weight is 363 g/mol. The molecule has 0 saturated heterocycles. The number of hydrogen-bond acceptors (Lipinski definition) is 6. The van der Waals surface area contributed by atoms with Crippen molar-refractivity contribution in [2.24, 2.45) is 0 Å². The number of aromatic nitrogens is 2. The lowest BCUT2D eigenvalue weighted by molar-refractivity contribution is 0.0953. The van der Waals surface area contributed by atoms with Gasteiger partial charge in [-0.15, -0.1) is 0 Å². The van der Waals surface area contributed by atoms with E-state index in [1.165, 1.54) is 0 Å². The number of rotatable bonds is 6. The Balaban J connectivity index is 1.78. The van der Waals surface area contributed by atoms with Gasteiger partial charge in [-0.25, -0.2) is 4.98 Å². The number of nitrogens with zero attached hydrogens (tertiary/aromatic N) is 2. The summed E-state index contributed by atoms with van der Waals surface area (Å²) in [7, 11) is 0. The second kappa shape index (κ2) is 8.18. The molecule has 2 aromatic carbocycles. The molecule has 5 N–H and O–H groups in total. The Bertz CT molecular complexity index is 959. The van der Waals surface area contributed by atoms with Crippen LogP contribution in [0.3, 0.4) is 0 Å². The van der Waals surface area contributed by atoms with Crippen molar-refractivity contribution in [3.05, 3.63) is 60.3 Å². The molecule has 1 aromatic heterocycles. The van der Waals surface area contributed by atoms with Crippen molar-refractivity contribution < 1.29 is 9.90 Å². The number of amides is 1. The predicted molar refractivity (Wildman–Crippen MR) is 106 cm³/mol. The van der Waals surface area contributed by atoms with Gasteiger partial charge >= 0.3 is 0 Å². The molecule has 0 bridgehead atoms. The van der Waals surface area contributed by atoms with Crippen LogP contribution in [0.4, 0.5) is 17.5 Å². The van der Waals surface area contributed by atoms with E-state index < -0.39 is 0 Å². The van der Waals surface area contributed by atoms with Crippen LogP contribution in [0.5, 0.6) is 5.75 Å². The number of carbonyl (C=O) groups excluding carboxylic acids is 1. The third-order valence-corrected chi connectivity index (χ3v) is 3.89. The summed E-state index contributed by atoms with van der Waals surface area (Å²) in [6.45, 7) is 2.63. The number of benzene rings is 2. The standard InChI is InChI=1S/C20H21N5O2/c1-2-9-22-19(27)14-6-3-7-15(10-14)24-20-23-12-17(18(21)25-20)13-5-4-8-16(26)11-13/h3-8,10-12,26H,2,9H2,1H3,(H,22,27)(H3,21,23,24,25). The lowest BCUT2D eigenvalue weighted by atomic mass is 10.1. The number of phenols is 1. The summed E-state index contributed by atoms with van der Waals surface area (Å²) in [5.74, 6) is 0.630. The third-order valence-electron chi connectivity index (χ3n) is 3.89. The van der Waals surface area contributed by atoms with E-state index in [1.54, 1.807) is 42.6 Å². The minimum Gasteiger partial charge on any atom is -0.508 e. The quantitative estimate of drug-likeness (QED) is 0.534. The van der Waals surface area contributed by atoms with E-state index in [1.807, 2.05) is 19.1 Å². The molecule has 138 valence electrons. The number of nitrogens with two attached hydrogens (primary N) is 1. The third kappa shape index (κ3) is 4.52. The van der Waals surface area contributed by atoms with Crippen molar-refractivity contribution in [2.45, 2.75) is 13.3 Å². The minimum absolute atomic E-state index is 0.125. The normalized spacial score (nSPS) is 10.4. The molecule has 0 spiro atoms. The van der Waals surface area contributed by atoms with E-state index in [9.17, 15) is 9.90 Å². The molecular formula is C20H21N5O2. The second-order valence-electron chi connectivity index (χ2n) is 6.00. The molecule has 1 heterocycles. The highest BCUT2D eigenvalue weighted by atomic mass is 16.3. The van der Waals surface area contributed by atoms with Gasteiger partial charge in [-0.2, -0.15) is 4.98 Å². The number of nitrogen functional groups attached to an aromatic ring is 1. The molecule has 1 amide bonds. The van der Waals surface area contributed by atoms with Gasteiger partial charge in [-0.3, -0.25) is 4.79 Å². The van der Waals surface area contributed by atoms with E-state index in [0.717, 1.165) is 12.0 Å². The second-order valence-corrected chi connectivity index (χ2v) is 6.00. The Morgan fingerprint density at radius 2 is 2.00 bits per heavy atom. The predicted octanol–water partition coefficient (Wildman–Crippen LogP) is 3.31. The molecule has 0 fully saturated rings. The van der Waals surface area contributed by atoms with Crippen LogP contribution < -0.4 is 16.4 Å². The van der Waals surface area contributed by atoms with Crippen LogP contribution in [0.15, 0.2) is 54.7 Å². The molecule has 7 heteroatoms. The molecule has 3 rings (SSSR count). The van der Waals surface area contributed by atoms with E-state index in [2.05, 4.69) is 20.6 Å². The van der Waals surface area contributed by atoms with Crippen LogP contribution in [0, 0.1) is 0 Å². The molecule has 0 saturated carbocycles. The van der Waals surface area contributed by atoms with Gasteiger partial charge in [0.05, 0.1) is 0 Å². The fourth-order valence-electron chi connectivity index (χ4n) is 2.56. The topological polar surface area (TPSA) is 113 Å². The van der Waals surface area contributed by atoms with Gasteiger partial charge in [-0.05, 0) is 42.3 Å². The fraction of sp³-hybridized carbons (Fsp3) is 0.150. The van der Waals surface area contributed by atoms with Crippen LogP contribution in [-0.2, 0) is 0 Å². The van der Waals surface area contributed by atoms with Crippen molar-refractivity contribution in [1.82, 2.24) is 15.3 Å². The average Bonchev–Trinajstić information content (AvgIpc) is 2.66. The van der Waals surface area contributed by atoms with Gasteiger partial charge in [0.1, 0.15) is 11.6 Å². The first-order chi connectivity index (χ1) is 13.1. The van der Waals surface area contributed by atoms with Crippen LogP contribution in [-0.4, -0.2) is 27.5 Å². The van der Waals surface area contributed by atoms with E-state index >= 15 is 0 Å². The number of carbonyl (C=O) groups is 1. The number of hydrogen-bond donors (Lipinski definition) is 4. The molecule has 27 heavy (non-hydrogen) atoms. The molecule has 0 atom stereocenters. The Labute approximate surface area is 157 Å². The molecular weight excluding hydrogens is 342 g/mol. The first-order valence-electron chi connectivity index (χ1n) is 8.64. The van der Waals surface area contributed by atoms with Gasteiger partial charge in [0.25, 0.3) is 5.91 Å². The molecule has 0 unspecified atom stereocenters. The number of aromatic hydroxyl groups is 1. The lowest BCUT2D eigenvalue weighted by Gasteiger charge is -2.10. The first kappa shape index (κ1) is 18.2. The lowest BCUT2D eigenvalue weighted by Crippen LogP contribution is -2.23. The summed E-state index contributed by atoms with van der Waals surface area (Å²) < 4.78 is 0. The minimum atomic E-state index is -0.125. The van der Waals surface area contributed by atoms with Crippen molar-refractivity contribution in [3.8, 4) is 16.9 Å². The number of nitrogens with one attached hydrogen (secondary N) is 2. The van der Waals surface area contributed by atoms with Gasteiger partial charge in [0.2, 0.25) is 5.95 Å². The van der Waals surface area contributed by atoms with E-state index in [0.29, 0.717) is 29.3 Å². The van der Waals surface area contributed by atoms with Crippen LogP contribution in [0.25, 0.3) is 11.1 Å². The molecule has 7 nitrogen and oxygen atoms in total. The largest absolute Gasteiger partial charge is 0.508 e. The maximum absolute atomic E-state index is 12.1. The summed E-state index contributed by atoms with van der Waals surface area (Å²) in [4.78, 5) is 20.6. The highest BCUT2D eigenvalue weighted by Gasteiger charge is 2.09. The first-order valence-corrected chi connectivity index (χ1v) is 8.64. The van der Waals surface area contributed by atoms with Crippen molar-refractivity contribution >= 4 is 23.4 Å². The smallest absolute Gasteiger partial charge is 0.251 e. The van der Waals surface area contributed by atoms with Gasteiger partial charge < -0.3 is 21.5 Å². The van der Waals surface area contributed by atoms with Crippen LogP contribution >= 0.6 is 0 Å². The fourth-order valence-corrected chi connectivity index (χ4v) is 2.56. The van der Waals surface area contributed by atoms with Crippen molar-refractivity contribution in [1.29, 1.82) is 0 Å². The monoisotopic (exact) mass is 363 g/mol. The van der Waals surface area contributed by atoms with Crippen LogP contribution in [0.2, 0.25) is 0 Å². The number of anilines is 3. The Kier molecular flexibility index (Phi) is 5.51. The summed E-state index contributed by atoms with van der Waals surface area (Å²) >= 11 is 0. The zero-order chi connectivity index (χ0) is 19.2. The Hall–Kier alpha value is -3.61. The van der Waals surface area contributed by atoms with Crippen molar-refractivity contribution in [3.63, 3.8) is 0 Å². The highest BCUT2D eigenvalue weighted by Crippen LogP contribution is 2.27. The molecule has 0 aliphatic rings. The van der Waals surface area contributed by atoms with Gasteiger partial charge in [0, 0.05) is 29.6 Å². The summed E-state index contributed by atoms with van der Waals surface area (Å²) in [5, 5.41) is 15.5.